The Hall–Kier alpha value is -1.14. The SMILES string of the molecule is Cc1sc(=O)n(CCC(=O)NCCC(O)C(C)C)c1C. The molecule has 0 aliphatic carbocycles. The van der Waals surface area contributed by atoms with E-state index in [1.165, 1.54) is 11.3 Å². The second-order valence-corrected chi connectivity index (χ2v) is 6.53. The molecule has 20 heavy (non-hydrogen) atoms. The molecule has 5 nitrogen and oxygen atoms in total. The largest absolute Gasteiger partial charge is 0.393 e. The van der Waals surface area contributed by atoms with Gasteiger partial charge >= 0.3 is 4.87 Å². The van der Waals surface area contributed by atoms with Crippen LogP contribution >= 0.6 is 11.3 Å². The van der Waals surface area contributed by atoms with E-state index in [1.807, 2.05) is 27.7 Å². The van der Waals surface area contributed by atoms with Crippen molar-refractivity contribution in [2.24, 2.45) is 5.92 Å². The Balaban J connectivity index is 2.35. The number of aromatic nitrogens is 1. The number of carbonyl (C=O) groups excluding carboxylic acids is 1. The molecule has 114 valence electrons. The summed E-state index contributed by atoms with van der Waals surface area (Å²) in [5.74, 6) is 0.109. The van der Waals surface area contributed by atoms with E-state index in [1.54, 1.807) is 4.57 Å². The van der Waals surface area contributed by atoms with Gasteiger partial charge in [0, 0.05) is 30.1 Å². The maximum Gasteiger partial charge on any atom is 0.307 e. The topological polar surface area (TPSA) is 71.3 Å². The molecule has 1 aromatic rings. The third-order valence-corrected chi connectivity index (χ3v) is 4.47. The van der Waals surface area contributed by atoms with Crippen LogP contribution in [0.15, 0.2) is 4.79 Å². The fourth-order valence-corrected chi connectivity index (χ4v) is 2.70. The Labute approximate surface area is 123 Å². The molecule has 0 spiro atoms. The highest BCUT2D eigenvalue weighted by atomic mass is 32.1. The molecule has 0 aliphatic heterocycles. The van der Waals surface area contributed by atoms with Crippen molar-refractivity contribution < 1.29 is 9.90 Å². The predicted molar refractivity (Wildman–Crippen MR) is 81.1 cm³/mol. The Morgan fingerprint density at radius 3 is 2.55 bits per heavy atom. The van der Waals surface area contributed by atoms with Crippen molar-refractivity contribution in [2.75, 3.05) is 6.54 Å². The van der Waals surface area contributed by atoms with Gasteiger partial charge < -0.3 is 15.0 Å². The average molecular weight is 300 g/mol. The maximum absolute atomic E-state index is 11.7. The molecule has 0 aliphatic rings. The van der Waals surface area contributed by atoms with Crippen molar-refractivity contribution in [3.8, 4) is 0 Å². The number of hydrogen-bond acceptors (Lipinski definition) is 4. The second kappa shape index (κ2) is 7.59. The summed E-state index contributed by atoms with van der Waals surface area (Å²) in [5, 5.41) is 12.4. The third kappa shape index (κ3) is 4.76. The smallest absolute Gasteiger partial charge is 0.307 e. The Kier molecular flexibility index (Phi) is 6.42. The predicted octanol–water partition coefficient (Wildman–Crippen LogP) is 1.44. The molecule has 0 saturated carbocycles. The summed E-state index contributed by atoms with van der Waals surface area (Å²) < 4.78 is 1.64. The number of rotatable bonds is 7. The van der Waals surface area contributed by atoms with Gasteiger partial charge in [0.15, 0.2) is 0 Å². The van der Waals surface area contributed by atoms with Gasteiger partial charge in [-0.05, 0) is 26.2 Å². The Bertz CT molecular complexity index is 505. The molecule has 1 rings (SSSR count). The Morgan fingerprint density at radius 2 is 2.05 bits per heavy atom. The zero-order chi connectivity index (χ0) is 15.3. The first-order valence-corrected chi connectivity index (χ1v) is 7.76. The third-order valence-electron chi connectivity index (χ3n) is 3.47. The summed E-state index contributed by atoms with van der Waals surface area (Å²) in [6.45, 7) is 8.57. The molecule has 0 bridgehead atoms. The van der Waals surface area contributed by atoms with Crippen LogP contribution in [0.4, 0.5) is 0 Å². The van der Waals surface area contributed by atoms with Gasteiger partial charge in [-0.2, -0.15) is 0 Å². The number of thiazole rings is 1. The number of aliphatic hydroxyl groups excluding tert-OH is 1. The van der Waals surface area contributed by atoms with Crippen LogP contribution in [0.3, 0.4) is 0 Å². The van der Waals surface area contributed by atoms with Crippen LogP contribution in [-0.4, -0.2) is 28.2 Å². The van der Waals surface area contributed by atoms with Gasteiger partial charge in [0.1, 0.15) is 0 Å². The van der Waals surface area contributed by atoms with Crippen LogP contribution in [0.25, 0.3) is 0 Å². The van der Waals surface area contributed by atoms with E-state index in [0.29, 0.717) is 19.5 Å². The van der Waals surface area contributed by atoms with Crippen molar-refractivity contribution in [1.82, 2.24) is 9.88 Å². The van der Waals surface area contributed by atoms with Gasteiger partial charge in [-0.25, -0.2) is 0 Å². The van der Waals surface area contributed by atoms with E-state index in [2.05, 4.69) is 5.32 Å². The first kappa shape index (κ1) is 16.9. The summed E-state index contributed by atoms with van der Waals surface area (Å²) in [4.78, 5) is 24.3. The van der Waals surface area contributed by atoms with Crippen LogP contribution < -0.4 is 10.2 Å². The van der Waals surface area contributed by atoms with Crippen molar-refractivity contribution >= 4 is 17.2 Å². The first-order valence-electron chi connectivity index (χ1n) is 6.94. The monoisotopic (exact) mass is 300 g/mol. The molecular weight excluding hydrogens is 276 g/mol. The van der Waals surface area contributed by atoms with E-state index in [-0.39, 0.29) is 29.2 Å². The molecule has 2 N–H and O–H groups in total. The number of hydrogen-bond donors (Lipinski definition) is 2. The van der Waals surface area contributed by atoms with Crippen LogP contribution in [0, 0.1) is 19.8 Å². The van der Waals surface area contributed by atoms with E-state index < -0.39 is 0 Å². The molecule has 6 heteroatoms. The lowest BCUT2D eigenvalue weighted by molar-refractivity contribution is -0.121. The molecule has 1 aromatic heterocycles. The van der Waals surface area contributed by atoms with E-state index in [0.717, 1.165) is 10.6 Å². The molecule has 1 atom stereocenters. The van der Waals surface area contributed by atoms with E-state index in [9.17, 15) is 14.7 Å². The summed E-state index contributed by atoms with van der Waals surface area (Å²) >= 11 is 1.22. The number of carbonyl (C=O) groups is 1. The highest BCUT2D eigenvalue weighted by molar-refractivity contribution is 7.09. The molecule has 1 heterocycles. The minimum absolute atomic E-state index is 0.0111. The fraction of sp³-hybridized carbons (Fsp3) is 0.714. The van der Waals surface area contributed by atoms with E-state index >= 15 is 0 Å². The maximum atomic E-state index is 11.7. The van der Waals surface area contributed by atoms with Gasteiger partial charge in [0.25, 0.3) is 0 Å². The average Bonchev–Trinajstić information content (AvgIpc) is 2.61. The Morgan fingerprint density at radius 1 is 1.40 bits per heavy atom. The van der Waals surface area contributed by atoms with Gasteiger partial charge in [-0.15, -0.1) is 0 Å². The van der Waals surface area contributed by atoms with Crippen LogP contribution in [-0.2, 0) is 11.3 Å². The number of nitrogens with zero attached hydrogens (tertiary/aromatic N) is 1. The van der Waals surface area contributed by atoms with Crippen molar-refractivity contribution in [1.29, 1.82) is 0 Å². The lowest BCUT2D eigenvalue weighted by Crippen LogP contribution is -2.30. The van der Waals surface area contributed by atoms with Crippen molar-refractivity contribution in [2.45, 2.75) is 53.2 Å². The standard InChI is InChI=1S/C14H24N2O3S/c1-9(2)12(17)5-7-15-13(18)6-8-16-10(3)11(4)20-14(16)19/h9,12,17H,5-8H2,1-4H3,(H,15,18). The number of amides is 1. The van der Waals surface area contributed by atoms with Crippen LogP contribution in [0.1, 0.15) is 37.3 Å². The number of nitrogens with one attached hydrogen (secondary N) is 1. The molecule has 1 unspecified atom stereocenters. The second-order valence-electron chi connectivity index (χ2n) is 5.36. The molecule has 0 radical (unpaired) electrons. The lowest BCUT2D eigenvalue weighted by Gasteiger charge is -2.14. The minimum atomic E-state index is -0.389. The van der Waals surface area contributed by atoms with Crippen molar-refractivity contribution in [3.63, 3.8) is 0 Å². The molecule has 0 saturated heterocycles. The van der Waals surface area contributed by atoms with Gasteiger partial charge in [0.05, 0.1) is 6.10 Å². The summed E-state index contributed by atoms with van der Waals surface area (Å²) in [5.41, 5.74) is 0.933. The van der Waals surface area contributed by atoms with Gasteiger partial charge in [-0.1, -0.05) is 25.2 Å². The van der Waals surface area contributed by atoms with Crippen molar-refractivity contribution in [3.05, 3.63) is 20.2 Å². The highest BCUT2D eigenvalue weighted by Gasteiger charge is 2.11. The quantitative estimate of drug-likeness (QED) is 0.800. The zero-order valence-electron chi connectivity index (χ0n) is 12.6. The zero-order valence-corrected chi connectivity index (χ0v) is 13.4. The van der Waals surface area contributed by atoms with E-state index in [4.69, 9.17) is 0 Å². The molecule has 0 fully saturated rings. The summed E-state index contributed by atoms with van der Waals surface area (Å²) in [6, 6.07) is 0. The molecule has 1 amide bonds. The lowest BCUT2D eigenvalue weighted by atomic mass is 10.0. The highest BCUT2D eigenvalue weighted by Crippen LogP contribution is 2.09. The van der Waals surface area contributed by atoms with Gasteiger partial charge in [-0.3, -0.25) is 9.59 Å². The first-order chi connectivity index (χ1) is 9.32. The van der Waals surface area contributed by atoms with Crippen LogP contribution in [0.2, 0.25) is 0 Å². The summed E-state index contributed by atoms with van der Waals surface area (Å²) in [7, 11) is 0. The van der Waals surface area contributed by atoms with Crippen LogP contribution in [0.5, 0.6) is 0 Å². The number of aryl methyl sites for hydroxylation is 1. The van der Waals surface area contributed by atoms with Gasteiger partial charge in [0.2, 0.25) is 5.91 Å². The molecule has 0 aromatic carbocycles. The molecular formula is C14H24N2O3S. The minimum Gasteiger partial charge on any atom is -0.393 e. The fourth-order valence-electron chi connectivity index (χ4n) is 1.84. The normalized spacial score (nSPS) is 12.7. The number of aliphatic hydroxyl groups is 1. The summed E-state index contributed by atoms with van der Waals surface area (Å²) in [6.07, 6.45) is 0.453.